The fourth-order valence-corrected chi connectivity index (χ4v) is 4.65. The van der Waals surface area contributed by atoms with Gasteiger partial charge in [0.2, 0.25) is 5.91 Å². The number of halogens is 1. The van der Waals surface area contributed by atoms with Crippen molar-refractivity contribution in [2.45, 2.75) is 64.3 Å². The molecule has 1 aliphatic rings. The average molecular weight is 424 g/mol. The summed E-state index contributed by atoms with van der Waals surface area (Å²) in [6.45, 7) is 3.86. The monoisotopic (exact) mass is 423 g/mol. The van der Waals surface area contributed by atoms with Crippen molar-refractivity contribution in [1.29, 1.82) is 0 Å². The summed E-state index contributed by atoms with van der Waals surface area (Å²) in [5, 5.41) is 0.652. The molecule has 1 amide bonds. The number of fused-ring (bicyclic) bond motifs is 1. The largest absolute Gasteiger partial charge is 0.328 e. The van der Waals surface area contributed by atoms with E-state index in [0.717, 1.165) is 30.0 Å². The summed E-state index contributed by atoms with van der Waals surface area (Å²) in [6, 6.07) is 15.9. The number of imidazole rings is 1. The summed E-state index contributed by atoms with van der Waals surface area (Å²) in [5.74, 6) is 1.28. The number of hydrogen-bond donors (Lipinski definition) is 0. The molecule has 0 radical (unpaired) electrons. The van der Waals surface area contributed by atoms with Crippen LogP contribution >= 0.6 is 11.6 Å². The predicted octanol–water partition coefficient (Wildman–Crippen LogP) is 6.57. The topological polar surface area (TPSA) is 38.1 Å². The molecule has 4 rings (SSSR count). The van der Waals surface area contributed by atoms with Crippen molar-refractivity contribution in [2.75, 3.05) is 11.4 Å². The summed E-state index contributed by atoms with van der Waals surface area (Å²) in [6.07, 6.45) is 8.09. The van der Waals surface area contributed by atoms with Crippen LogP contribution in [0.3, 0.4) is 0 Å². The van der Waals surface area contributed by atoms with Gasteiger partial charge in [-0.1, -0.05) is 68.8 Å². The molecule has 3 aromatic rings. The molecule has 2 aromatic carbocycles. The molecule has 1 aromatic heterocycles. The first-order chi connectivity index (χ1) is 14.7. The molecule has 5 heteroatoms. The third-order valence-corrected chi connectivity index (χ3v) is 6.26. The van der Waals surface area contributed by atoms with Gasteiger partial charge in [-0.3, -0.25) is 4.79 Å². The van der Waals surface area contributed by atoms with Crippen molar-refractivity contribution in [3.8, 4) is 0 Å². The Morgan fingerprint density at radius 2 is 1.83 bits per heavy atom. The number of carbonyl (C=O) groups is 1. The number of anilines is 1. The van der Waals surface area contributed by atoms with E-state index in [1.165, 1.54) is 37.6 Å². The molecule has 1 aliphatic heterocycles. The predicted molar refractivity (Wildman–Crippen MR) is 124 cm³/mol. The second-order valence-corrected chi connectivity index (χ2v) is 8.70. The lowest BCUT2D eigenvalue weighted by Crippen LogP contribution is -2.24. The molecule has 0 aliphatic carbocycles. The van der Waals surface area contributed by atoms with Gasteiger partial charge in [0, 0.05) is 36.1 Å². The third kappa shape index (κ3) is 4.54. The Bertz CT molecular complexity index is 1010. The average Bonchev–Trinajstić information content (AvgIpc) is 3.31. The summed E-state index contributed by atoms with van der Waals surface area (Å²) in [7, 11) is 0. The van der Waals surface area contributed by atoms with Gasteiger partial charge in [-0.2, -0.15) is 0 Å². The van der Waals surface area contributed by atoms with E-state index >= 15 is 0 Å². The van der Waals surface area contributed by atoms with E-state index < -0.39 is 0 Å². The van der Waals surface area contributed by atoms with Crippen LogP contribution in [-0.2, 0) is 11.3 Å². The molecule has 0 bridgehead atoms. The lowest BCUT2D eigenvalue weighted by Gasteiger charge is -2.17. The van der Waals surface area contributed by atoms with Gasteiger partial charge in [-0.05, 0) is 36.8 Å². The maximum absolute atomic E-state index is 12.8. The maximum Gasteiger partial charge on any atom is 0.227 e. The van der Waals surface area contributed by atoms with Crippen LogP contribution in [0.25, 0.3) is 11.0 Å². The fraction of sp³-hybridized carbons (Fsp3) is 0.440. The number of benzene rings is 2. The zero-order chi connectivity index (χ0) is 20.9. The molecular weight excluding hydrogens is 394 g/mol. The van der Waals surface area contributed by atoms with Gasteiger partial charge in [0.05, 0.1) is 11.0 Å². The highest BCUT2D eigenvalue weighted by Gasteiger charge is 2.34. The number of amides is 1. The van der Waals surface area contributed by atoms with E-state index in [1.54, 1.807) is 0 Å². The molecule has 1 saturated heterocycles. The number of hydrogen-bond acceptors (Lipinski definition) is 2. The van der Waals surface area contributed by atoms with Gasteiger partial charge in [-0.15, -0.1) is 0 Å². The number of aromatic nitrogens is 2. The molecule has 1 atom stereocenters. The molecule has 4 nitrogen and oxygen atoms in total. The van der Waals surface area contributed by atoms with Crippen molar-refractivity contribution < 1.29 is 4.79 Å². The third-order valence-electron chi connectivity index (χ3n) is 6.03. The number of carbonyl (C=O) groups excluding carboxylic acids is 1. The molecule has 2 heterocycles. The second-order valence-electron chi connectivity index (χ2n) is 8.26. The van der Waals surface area contributed by atoms with E-state index in [0.29, 0.717) is 18.0 Å². The zero-order valence-electron chi connectivity index (χ0n) is 17.7. The number of aryl methyl sites for hydroxylation is 1. The van der Waals surface area contributed by atoms with Crippen LogP contribution in [0.5, 0.6) is 0 Å². The smallest absolute Gasteiger partial charge is 0.227 e. The number of unbranched alkanes of at least 4 members (excludes halogenated alkanes) is 5. The van der Waals surface area contributed by atoms with Crippen molar-refractivity contribution in [1.82, 2.24) is 9.55 Å². The minimum absolute atomic E-state index is 0.101. The fourth-order valence-electron chi connectivity index (χ4n) is 4.47. The number of para-hydroxylation sites is 2. The highest BCUT2D eigenvalue weighted by Crippen LogP contribution is 2.34. The van der Waals surface area contributed by atoms with Crippen LogP contribution in [0.15, 0.2) is 48.5 Å². The Hall–Kier alpha value is -2.33. The Balaban J connectivity index is 1.54. The Morgan fingerprint density at radius 3 is 2.67 bits per heavy atom. The van der Waals surface area contributed by atoms with Crippen molar-refractivity contribution in [3.63, 3.8) is 0 Å². The quantitative estimate of drug-likeness (QED) is 0.365. The summed E-state index contributed by atoms with van der Waals surface area (Å²) >= 11 is 6.15. The molecular formula is C25H30ClN3O. The zero-order valence-corrected chi connectivity index (χ0v) is 18.4. The molecule has 0 spiro atoms. The van der Waals surface area contributed by atoms with Crippen LogP contribution in [0.4, 0.5) is 5.69 Å². The highest BCUT2D eigenvalue weighted by molar-refractivity contribution is 6.30. The minimum atomic E-state index is 0.101. The molecule has 1 fully saturated rings. The van der Waals surface area contributed by atoms with E-state index in [9.17, 15) is 4.79 Å². The first-order valence-corrected chi connectivity index (χ1v) is 11.6. The molecule has 30 heavy (non-hydrogen) atoms. The van der Waals surface area contributed by atoms with Gasteiger partial charge in [-0.25, -0.2) is 4.98 Å². The van der Waals surface area contributed by atoms with Gasteiger partial charge in [0.1, 0.15) is 5.82 Å². The van der Waals surface area contributed by atoms with Gasteiger partial charge in [0.25, 0.3) is 0 Å². The van der Waals surface area contributed by atoms with Crippen molar-refractivity contribution in [3.05, 3.63) is 59.4 Å². The standard InChI is InChI=1S/C25H30ClN3O/c1-2-3-4-5-6-9-15-28-23-14-8-7-13-22(23)27-25(28)19-16-24(30)29(18-19)21-12-10-11-20(26)17-21/h7-8,10-14,17,19H,2-6,9,15-16,18H2,1H3. The second kappa shape index (κ2) is 9.65. The Morgan fingerprint density at radius 1 is 1.03 bits per heavy atom. The number of nitrogens with zero attached hydrogens (tertiary/aromatic N) is 3. The normalized spacial score (nSPS) is 16.7. The molecule has 158 valence electrons. The summed E-state index contributed by atoms with van der Waals surface area (Å²) in [4.78, 5) is 19.6. The minimum Gasteiger partial charge on any atom is -0.328 e. The van der Waals surface area contributed by atoms with Crippen LogP contribution in [0.2, 0.25) is 5.02 Å². The lowest BCUT2D eigenvalue weighted by molar-refractivity contribution is -0.117. The molecule has 1 unspecified atom stereocenters. The first-order valence-electron chi connectivity index (χ1n) is 11.2. The van der Waals surface area contributed by atoms with E-state index in [1.807, 2.05) is 35.2 Å². The number of rotatable bonds is 9. The summed E-state index contributed by atoms with van der Waals surface area (Å²) in [5.41, 5.74) is 3.07. The summed E-state index contributed by atoms with van der Waals surface area (Å²) < 4.78 is 2.36. The Kier molecular flexibility index (Phi) is 6.73. The van der Waals surface area contributed by atoms with Crippen LogP contribution in [0, 0.1) is 0 Å². The maximum atomic E-state index is 12.8. The van der Waals surface area contributed by atoms with E-state index in [4.69, 9.17) is 16.6 Å². The SMILES string of the molecule is CCCCCCCCn1c(C2CC(=O)N(c3cccc(Cl)c3)C2)nc2ccccc21. The van der Waals surface area contributed by atoms with Crippen molar-refractivity contribution >= 4 is 34.2 Å². The van der Waals surface area contributed by atoms with Gasteiger partial charge >= 0.3 is 0 Å². The van der Waals surface area contributed by atoms with Gasteiger partial charge < -0.3 is 9.47 Å². The van der Waals surface area contributed by atoms with Crippen LogP contribution in [0.1, 0.15) is 63.6 Å². The Labute approximate surface area is 183 Å². The van der Waals surface area contributed by atoms with Crippen LogP contribution in [-0.4, -0.2) is 22.0 Å². The van der Waals surface area contributed by atoms with E-state index in [-0.39, 0.29) is 11.8 Å². The van der Waals surface area contributed by atoms with E-state index in [2.05, 4.69) is 29.7 Å². The van der Waals surface area contributed by atoms with Crippen LogP contribution < -0.4 is 4.90 Å². The molecule has 0 saturated carbocycles. The highest BCUT2D eigenvalue weighted by atomic mass is 35.5. The van der Waals surface area contributed by atoms with Gasteiger partial charge in [0.15, 0.2) is 0 Å². The first kappa shape index (κ1) is 20.9. The lowest BCUT2D eigenvalue weighted by atomic mass is 10.1. The van der Waals surface area contributed by atoms with Crippen molar-refractivity contribution in [2.24, 2.45) is 0 Å². The molecule has 0 N–H and O–H groups in total.